The zero-order valence-corrected chi connectivity index (χ0v) is 46.5. The Morgan fingerprint density at radius 3 is 0.977 bits per heavy atom. The minimum atomic E-state index is -4.93. The third kappa shape index (κ3) is 12.4. The highest BCUT2D eigenvalue weighted by atomic mass is 19.4. The predicted molar refractivity (Wildman–Crippen MR) is 299 cm³/mol. The number of carbonyl (C=O) groups excluding carboxylic acids is 2. The summed E-state index contributed by atoms with van der Waals surface area (Å²) in [6.45, 7) is 0.943. The van der Waals surface area contributed by atoms with Crippen LogP contribution in [0.3, 0.4) is 0 Å². The molecule has 4 aromatic heterocycles. The Kier molecular flexibility index (Phi) is 16.9. The van der Waals surface area contributed by atoms with Gasteiger partial charge in [-0.05, 0) is 72.2 Å². The van der Waals surface area contributed by atoms with E-state index in [0.717, 1.165) is 34.4 Å². The Balaban J connectivity index is 0.000000182. The molecule has 0 bridgehead atoms. The first-order valence-electron chi connectivity index (χ1n) is 28.4. The molecule has 2 saturated heterocycles. The first-order chi connectivity index (χ1) is 41.9. The minimum Gasteiger partial charge on any atom is -0.384 e. The van der Waals surface area contributed by atoms with Gasteiger partial charge in [0.15, 0.2) is 11.6 Å². The summed E-state index contributed by atoms with van der Waals surface area (Å²) in [7, 11) is 0. The third-order valence-corrected chi connectivity index (χ3v) is 16.9. The van der Waals surface area contributed by atoms with Gasteiger partial charge < -0.3 is 20.0 Å². The van der Waals surface area contributed by atoms with Crippen molar-refractivity contribution in [1.82, 2.24) is 29.5 Å². The molecule has 4 atom stereocenters. The first-order valence-corrected chi connectivity index (χ1v) is 28.4. The number of hydrogen-bond acceptors (Lipinski definition) is 10. The lowest BCUT2D eigenvalue weighted by atomic mass is 9.78. The van der Waals surface area contributed by atoms with Gasteiger partial charge in [-0.2, -0.15) is 62.9 Å². The number of aliphatic hydroxyl groups is 2. The molecule has 2 aliphatic carbocycles. The van der Waals surface area contributed by atoms with Gasteiger partial charge in [0.1, 0.15) is 59.2 Å². The highest BCUT2D eigenvalue weighted by Gasteiger charge is 2.56. The number of hydrogen-bond donors (Lipinski definition) is 2. The van der Waals surface area contributed by atoms with Gasteiger partial charge in [0.05, 0.1) is 35.6 Å². The summed E-state index contributed by atoms with van der Waals surface area (Å²) in [6, 6.07) is 42.5. The molecule has 0 spiro atoms. The maximum absolute atomic E-state index is 14.6. The molecular weight excluding hydrogens is 1170 g/mol. The van der Waals surface area contributed by atoms with Crippen LogP contribution in [-0.4, -0.2) is 102 Å². The SMILES string of the molecule is O=C1Cc2c(c(C3CCN(c4cccc(C(F)(F)F)n4)CC3)nn2C(c2ccccc2)c2ccccc2)[C@@H](C(F)(F)F)[C@H]1O.O=C1Cc2c(c(C3CCN(c4cccc(C(F)(F)F)n4)CC3)nn2C(c2ccccc2)c2ccccc2)[C@H](C(F)(F)F)[C@@H]1O. The number of alkyl halides is 12. The van der Waals surface area contributed by atoms with Crippen molar-refractivity contribution in [2.45, 2.75) is 111 Å². The van der Waals surface area contributed by atoms with Crippen LogP contribution in [0.15, 0.2) is 158 Å². The van der Waals surface area contributed by atoms with Crippen LogP contribution in [0, 0.1) is 0 Å². The molecule has 6 heterocycles. The number of benzene rings is 4. The monoisotopic (exact) mass is 1230 g/mol. The zero-order valence-electron chi connectivity index (χ0n) is 46.5. The number of anilines is 2. The van der Waals surface area contributed by atoms with Crippen LogP contribution in [0.25, 0.3) is 0 Å². The minimum absolute atomic E-state index is 0.109. The molecule has 12 nitrogen and oxygen atoms in total. The molecule has 0 unspecified atom stereocenters. The second kappa shape index (κ2) is 24.3. The van der Waals surface area contributed by atoms with Gasteiger partial charge in [-0.1, -0.05) is 133 Å². The van der Waals surface area contributed by atoms with Crippen LogP contribution >= 0.6 is 0 Å². The van der Waals surface area contributed by atoms with Gasteiger partial charge in [-0.15, -0.1) is 0 Å². The highest BCUT2D eigenvalue weighted by molar-refractivity contribution is 5.89. The molecule has 2 N–H and O–H groups in total. The summed E-state index contributed by atoms with van der Waals surface area (Å²) in [5, 5.41) is 30.8. The quantitative estimate of drug-likeness (QED) is 0.127. The van der Waals surface area contributed by atoms with E-state index in [0.29, 0.717) is 0 Å². The number of aliphatic hydroxyl groups excluding tert-OH is 2. The average molecular weight is 1230 g/mol. The highest BCUT2D eigenvalue weighted by Crippen LogP contribution is 2.51. The van der Waals surface area contributed by atoms with E-state index in [1.807, 2.05) is 121 Å². The number of carbonyl (C=O) groups is 2. The van der Waals surface area contributed by atoms with Crippen LogP contribution in [-0.2, 0) is 34.8 Å². The van der Waals surface area contributed by atoms with Crippen molar-refractivity contribution in [2.75, 3.05) is 36.0 Å². The summed E-state index contributed by atoms with van der Waals surface area (Å²) in [4.78, 5) is 36.6. The van der Waals surface area contributed by atoms with Crippen molar-refractivity contribution in [1.29, 1.82) is 0 Å². The van der Waals surface area contributed by atoms with Crippen LogP contribution in [0.5, 0.6) is 0 Å². The number of Topliss-reactive ketones (excluding diaryl/α,β-unsaturated/α-hetero) is 2. The third-order valence-electron chi connectivity index (χ3n) is 16.9. The zero-order chi connectivity index (χ0) is 62.5. The standard InChI is InChI=1S/2C32H28F6N4O2/c2*33-31(34,35)24-12-7-13-25(39-24)41-16-14-19(15-17-41)28-26-22(18-23(43)30(44)27(26)32(36,37)38)42(40-28)29(20-8-3-1-4-9-20)21-10-5-2-6-11-21/h2*1-13,19,27,29-30,44H,14-18H2/t2*27-,30+/m10/s1. The van der Waals surface area contributed by atoms with Gasteiger partial charge in [0.2, 0.25) is 0 Å². The van der Waals surface area contributed by atoms with Crippen molar-refractivity contribution in [3.05, 3.63) is 225 Å². The lowest BCUT2D eigenvalue weighted by Gasteiger charge is -2.34. The van der Waals surface area contributed by atoms with Crippen molar-refractivity contribution >= 4 is 23.2 Å². The maximum atomic E-state index is 14.6. The number of ketones is 2. The topological polar surface area (TPSA) is 142 Å². The van der Waals surface area contributed by atoms with Crippen molar-refractivity contribution in [2.24, 2.45) is 0 Å². The van der Waals surface area contributed by atoms with Crippen LogP contribution in [0.1, 0.15) is 129 Å². The number of pyridine rings is 2. The summed E-state index contributed by atoms with van der Waals surface area (Å²) >= 11 is 0. The van der Waals surface area contributed by atoms with Crippen LogP contribution in [0.2, 0.25) is 0 Å². The Hall–Kier alpha value is -8.38. The van der Waals surface area contributed by atoms with E-state index >= 15 is 0 Å². The molecule has 0 amide bonds. The van der Waals surface area contributed by atoms with Gasteiger partial charge in [-0.25, -0.2) is 9.97 Å². The Bertz CT molecular complexity index is 3430. The van der Waals surface area contributed by atoms with E-state index in [1.54, 1.807) is 9.80 Å². The molecule has 4 aliphatic rings. The summed E-state index contributed by atoms with van der Waals surface area (Å²) in [5.41, 5.74) is 1.13. The number of fused-ring (bicyclic) bond motifs is 2. The fourth-order valence-corrected chi connectivity index (χ4v) is 12.7. The predicted octanol–water partition coefficient (Wildman–Crippen LogP) is 12.9. The molecule has 460 valence electrons. The van der Waals surface area contributed by atoms with Crippen molar-refractivity contribution < 1.29 is 72.5 Å². The van der Waals surface area contributed by atoms with Gasteiger partial charge in [0, 0.05) is 49.1 Å². The van der Waals surface area contributed by atoms with E-state index in [9.17, 15) is 72.5 Å². The molecule has 24 heteroatoms. The van der Waals surface area contributed by atoms with E-state index < -0.39 is 108 Å². The first kappa shape index (κ1) is 61.3. The fraction of sp³-hybridized carbons (Fsp3) is 0.344. The van der Waals surface area contributed by atoms with E-state index in [1.165, 1.54) is 33.6 Å². The summed E-state index contributed by atoms with van der Waals surface area (Å²) in [5.74, 6) is -7.48. The van der Waals surface area contributed by atoms with Gasteiger partial charge in [0.25, 0.3) is 0 Å². The largest absolute Gasteiger partial charge is 0.433 e. The number of rotatable bonds is 10. The molecule has 88 heavy (non-hydrogen) atoms. The number of halogens is 12. The van der Waals surface area contributed by atoms with E-state index in [4.69, 9.17) is 10.2 Å². The molecule has 0 saturated carbocycles. The van der Waals surface area contributed by atoms with Crippen molar-refractivity contribution in [3.63, 3.8) is 0 Å². The Labute approximate surface area is 496 Å². The second-order valence-electron chi connectivity index (χ2n) is 22.3. The Morgan fingerprint density at radius 2 is 0.705 bits per heavy atom. The van der Waals surface area contributed by atoms with E-state index in [-0.39, 0.29) is 97.4 Å². The molecule has 12 rings (SSSR count). The molecule has 4 aromatic carbocycles. The fourth-order valence-electron chi connectivity index (χ4n) is 12.7. The average Bonchev–Trinajstić information content (AvgIpc) is 1.76. The molecule has 8 aromatic rings. The smallest absolute Gasteiger partial charge is 0.384 e. The van der Waals surface area contributed by atoms with Gasteiger partial charge >= 0.3 is 24.7 Å². The number of aromatic nitrogens is 6. The second-order valence-corrected chi connectivity index (χ2v) is 22.3. The maximum Gasteiger partial charge on any atom is 0.433 e. The van der Waals surface area contributed by atoms with Crippen LogP contribution in [0.4, 0.5) is 64.3 Å². The molecular formula is C64H56F12N8O4. The van der Waals surface area contributed by atoms with E-state index in [2.05, 4.69) is 9.97 Å². The van der Waals surface area contributed by atoms with Crippen molar-refractivity contribution in [3.8, 4) is 0 Å². The van der Waals surface area contributed by atoms with Crippen LogP contribution < -0.4 is 9.80 Å². The number of nitrogens with zero attached hydrogens (tertiary/aromatic N) is 8. The molecule has 0 radical (unpaired) electrons. The lowest BCUT2D eigenvalue weighted by molar-refractivity contribution is -0.179. The molecule has 2 aliphatic heterocycles. The Morgan fingerprint density at radius 1 is 0.409 bits per heavy atom. The summed E-state index contributed by atoms with van der Waals surface area (Å²) in [6.07, 6.45) is -23.3. The lowest BCUT2D eigenvalue weighted by Crippen LogP contribution is -2.43. The van der Waals surface area contributed by atoms with Gasteiger partial charge in [-0.3, -0.25) is 19.0 Å². The normalized spacial score (nSPS) is 19.8. The number of piperidine rings is 2. The molecule has 2 fully saturated rings. The summed E-state index contributed by atoms with van der Waals surface area (Å²) < 4.78 is 170.